The van der Waals surface area contributed by atoms with Crippen molar-refractivity contribution in [3.63, 3.8) is 0 Å². The molecule has 0 radical (unpaired) electrons. The van der Waals surface area contributed by atoms with E-state index in [4.69, 9.17) is 0 Å². The minimum absolute atomic E-state index is 0.525. The average molecular weight is 152 g/mol. The van der Waals surface area contributed by atoms with Crippen LogP contribution in [0.15, 0.2) is 6.33 Å². The molecule has 1 saturated heterocycles. The Kier molecular flexibility index (Phi) is 1.62. The zero-order valence-electron chi connectivity index (χ0n) is 6.54. The standard InChI is InChI=1S/C7H12N4/c1-5-6(2-3-8-5)7-9-4-10-11-7/h4-6,8H,2-3H2,1H3,(H,9,10,11). The zero-order valence-corrected chi connectivity index (χ0v) is 6.54. The van der Waals surface area contributed by atoms with Crippen molar-refractivity contribution in [3.05, 3.63) is 12.2 Å². The molecule has 1 aliphatic heterocycles. The minimum atomic E-state index is 0.525. The Morgan fingerprint density at radius 2 is 2.55 bits per heavy atom. The maximum atomic E-state index is 4.14. The lowest BCUT2D eigenvalue weighted by Gasteiger charge is -2.10. The smallest absolute Gasteiger partial charge is 0.137 e. The van der Waals surface area contributed by atoms with Crippen molar-refractivity contribution in [2.24, 2.45) is 0 Å². The lowest BCUT2D eigenvalue weighted by molar-refractivity contribution is 0.570. The molecular weight excluding hydrogens is 140 g/mol. The van der Waals surface area contributed by atoms with Crippen molar-refractivity contribution >= 4 is 0 Å². The van der Waals surface area contributed by atoms with Crippen LogP contribution < -0.4 is 5.32 Å². The van der Waals surface area contributed by atoms with E-state index in [2.05, 4.69) is 27.4 Å². The third kappa shape index (κ3) is 1.14. The maximum absolute atomic E-state index is 4.14. The predicted molar refractivity (Wildman–Crippen MR) is 41.2 cm³/mol. The Hall–Kier alpha value is -0.900. The third-order valence-electron chi connectivity index (χ3n) is 2.31. The summed E-state index contributed by atoms with van der Waals surface area (Å²) in [5.41, 5.74) is 0. The van der Waals surface area contributed by atoms with Crippen molar-refractivity contribution in [3.8, 4) is 0 Å². The quantitative estimate of drug-likeness (QED) is 0.607. The van der Waals surface area contributed by atoms with E-state index >= 15 is 0 Å². The van der Waals surface area contributed by atoms with Crippen LogP contribution in [0.2, 0.25) is 0 Å². The van der Waals surface area contributed by atoms with Crippen molar-refractivity contribution in [2.75, 3.05) is 6.54 Å². The van der Waals surface area contributed by atoms with Gasteiger partial charge in [-0.3, -0.25) is 5.10 Å². The van der Waals surface area contributed by atoms with Gasteiger partial charge in [0.05, 0.1) is 0 Å². The first-order valence-corrected chi connectivity index (χ1v) is 3.96. The second-order valence-corrected chi connectivity index (χ2v) is 3.01. The first-order valence-electron chi connectivity index (χ1n) is 3.96. The van der Waals surface area contributed by atoms with E-state index in [9.17, 15) is 0 Å². The highest BCUT2D eigenvalue weighted by Crippen LogP contribution is 2.23. The molecule has 2 heterocycles. The predicted octanol–water partition coefficient (Wildman–Crippen LogP) is 0.270. The van der Waals surface area contributed by atoms with Crippen LogP contribution in [0, 0.1) is 0 Å². The summed E-state index contributed by atoms with van der Waals surface area (Å²) >= 11 is 0. The van der Waals surface area contributed by atoms with Gasteiger partial charge in [0.2, 0.25) is 0 Å². The van der Waals surface area contributed by atoms with Crippen LogP contribution in [0.25, 0.3) is 0 Å². The van der Waals surface area contributed by atoms with Crippen LogP contribution in [-0.2, 0) is 0 Å². The number of aromatic amines is 1. The first-order chi connectivity index (χ1) is 5.38. The van der Waals surface area contributed by atoms with Crippen molar-refractivity contribution in [1.82, 2.24) is 20.5 Å². The number of hydrogen-bond donors (Lipinski definition) is 2. The Labute approximate surface area is 65.4 Å². The summed E-state index contributed by atoms with van der Waals surface area (Å²) in [5, 5.41) is 10.1. The van der Waals surface area contributed by atoms with Gasteiger partial charge in [0.15, 0.2) is 0 Å². The Bertz CT molecular complexity index is 218. The van der Waals surface area contributed by atoms with Gasteiger partial charge < -0.3 is 5.32 Å². The normalized spacial score (nSPS) is 31.0. The molecule has 11 heavy (non-hydrogen) atoms. The molecule has 2 rings (SSSR count). The van der Waals surface area contributed by atoms with E-state index < -0.39 is 0 Å². The molecule has 0 saturated carbocycles. The van der Waals surface area contributed by atoms with E-state index in [0.29, 0.717) is 12.0 Å². The molecule has 2 N–H and O–H groups in total. The lowest BCUT2D eigenvalue weighted by atomic mass is 10.0. The number of nitrogens with one attached hydrogen (secondary N) is 2. The van der Waals surface area contributed by atoms with Crippen LogP contribution in [0.1, 0.15) is 25.1 Å². The molecule has 4 nitrogen and oxygen atoms in total. The van der Waals surface area contributed by atoms with Gasteiger partial charge in [-0.15, -0.1) is 0 Å². The fourth-order valence-corrected chi connectivity index (χ4v) is 1.63. The topological polar surface area (TPSA) is 53.6 Å². The second-order valence-electron chi connectivity index (χ2n) is 3.01. The molecule has 60 valence electrons. The Morgan fingerprint density at radius 3 is 3.09 bits per heavy atom. The van der Waals surface area contributed by atoms with Gasteiger partial charge in [-0.05, 0) is 19.9 Å². The lowest BCUT2D eigenvalue weighted by Crippen LogP contribution is -2.22. The highest BCUT2D eigenvalue weighted by molar-refractivity contribution is 5.01. The van der Waals surface area contributed by atoms with Crippen LogP contribution in [0.4, 0.5) is 0 Å². The van der Waals surface area contributed by atoms with Crippen LogP contribution in [0.3, 0.4) is 0 Å². The molecule has 2 unspecified atom stereocenters. The number of nitrogens with zero attached hydrogens (tertiary/aromatic N) is 2. The minimum Gasteiger partial charge on any atom is -0.314 e. The fraction of sp³-hybridized carbons (Fsp3) is 0.714. The fourth-order valence-electron chi connectivity index (χ4n) is 1.63. The van der Waals surface area contributed by atoms with Crippen molar-refractivity contribution in [2.45, 2.75) is 25.3 Å². The van der Waals surface area contributed by atoms with Gasteiger partial charge in [0.25, 0.3) is 0 Å². The SMILES string of the molecule is CC1NCCC1c1ncn[nH]1. The number of rotatable bonds is 1. The van der Waals surface area contributed by atoms with Gasteiger partial charge in [-0.2, -0.15) is 5.10 Å². The largest absolute Gasteiger partial charge is 0.314 e. The molecule has 0 spiro atoms. The molecule has 0 aliphatic carbocycles. The molecule has 2 atom stereocenters. The summed E-state index contributed by atoms with van der Waals surface area (Å²) in [6.07, 6.45) is 2.73. The van der Waals surface area contributed by atoms with Crippen LogP contribution >= 0.6 is 0 Å². The van der Waals surface area contributed by atoms with Gasteiger partial charge in [-0.25, -0.2) is 4.98 Å². The first kappa shape index (κ1) is 6.79. The summed E-state index contributed by atoms with van der Waals surface area (Å²) in [4.78, 5) is 4.14. The molecule has 1 fully saturated rings. The van der Waals surface area contributed by atoms with Crippen LogP contribution in [-0.4, -0.2) is 27.8 Å². The Balaban J connectivity index is 2.16. The molecular formula is C7H12N4. The molecule has 1 aliphatic rings. The number of H-pyrrole nitrogens is 1. The number of hydrogen-bond acceptors (Lipinski definition) is 3. The van der Waals surface area contributed by atoms with E-state index in [0.717, 1.165) is 18.8 Å². The summed E-state index contributed by atoms with van der Waals surface area (Å²) in [5.74, 6) is 1.54. The maximum Gasteiger partial charge on any atom is 0.137 e. The van der Waals surface area contributed by atoms with E-state index in [1.165, 1.54) is 0 Å². The van der Waals surface area contributed by atoms with E-state index in [-0.39, 0.29) is 0 Å². The monoisotopic (exact) mass is 152 g/mol. The van der Waals surface area contributed by atoms with E-state index in [1.807, 2.05) is 0 Å². The van der Waals surface area contributed by atoms with Crippen molar-refractivity contribution in [1.29, 1.82) is 0 Å². The summed E-state index contributed by atoms with van der Waals surface area (Å²) in [6.45, 7) is 3.27. The van der Waals surface area contributed by atoms with Gasteiger partial charge >= 0.3 is 0 Å². The summed E-state index contributed by atoms with van der Waals surface area (Å²) in [6, 6.07) is 0.531. The third-order valence-corrected chi connectivity index (χ3v) is 2.31. The number of aromatic nitrogens is 3. The molecule has 1 aromatic rings. The Morgan fingerprint density at radius 1 is 1.64 bits per heavy atom. The summed E-state index contributed by atoms with van der Waals surface area (Å²) in [7, 11) is 0. The molecule has 0 amide bonds. The van der Waals surface area contributed by atoms with Gasteiger partial charge in [-0.1, -0.05) is 0 Å². The van der Waals surface area contributed by atoms with E-state index in [1.54, 1.807) is 6.33 Å². The zero-order chi connectivity index (χ0) is 7.68. The highest BCUT2D eigenvalue weighted by atomic mass is 15.2. The van der Waals surface area contributed by atoms with Crippen LogP contribution in [0.5, 0.6) is 0 Å². The van der Waals surface area contributed by atoms with Gasteiger partial charge in [0.1, 0.15) is 12.2 Å². The molecule has 0 aromatic carbocycles. The average Bonchev–Trinajstić information content (AvgIpc) is 2.55. The molecule has 1 aromatic heterocycles. The summed E-state index contributed by atoms with van der Waals surface area (Å²) < 4.78 is 0. The highest BCUT2D eigenvalue weighted by Gasteiger charge is 2.26. The second kappa shape index (κ2) is 2.62. The molecule has 0 bridgehead atoms. The van der Waals surface area contributed by atoms with Gasteiger partial charge in [0, 0.05) is 12.0 Å². The molecule has 4 heteroatoms. The van der Waals surface area contributed by atoms with Crippen molar-refractivity contribution < 1.29 is 0 Å².